The highest BCUT2D eigenvalue weighted by molar-refractivity contribution is 7.17. The summed E-state index contributed by atoms with van der Waals surface area (Å²) in [6.45, 7) is 3.89. The zero-order chi connectivity index (χ0) is 25.2. The second kappa shape index (κ2) is 9.98. The third-order valence-corrected chi connectivity index (χ3v) is 6.68. The smallest absolute Gasteiger partial charge is 0.268 e. The summed E-state index contributed by atoms with van der Waals surface area (Å²) in [4.78, 5) is 32.9. The molecule has 4 aromatic rings. The van der Waals surface area contributed by atoms with E-state index in [2.05, 4.69) is 20.5 Å². The molecule has 11 heteroatoms. The number of carbonyl (C=O) groups is 2. The van der Waals surface area contributed by atoms with E-state index in [0.717, 1.165) is 16.0 Å². The van der Waals surface area contributed by atoms with Crippen molar-refractivity contribution in [1.29, 1.82) is 0 Å². The standard InChI is InChI=1S/C24H28N6O4S/c1-24(2,33)9-10-30-18-6-5-16(29(3)21(31)14-34-4)11-17(18)27-23(30)28-22(32)20-8-7-19(35-20)15-12-25-26-13-15/h5-8,11-13,33H,9-10,14H2,1-4H3,(H,25,26)(H,27,28,32). The van der Waals surface area contributed by atoms with E-state index < -0.39 is 5.60 Å². The summed E-state index contributed by atoms with van der Waals surface area (Å²) >= 11 is 1.36. The van der Waals surface area contributed by atoms with Crippen molar-refractivity contribution in [2.75, 3.05) is 31.0 Å². The van der Waals surface area contributed by atoms with E-state index in [1.165, 1.54) is 23.3 Å². The molecule has 0 atom stereocenters. The largest absolute Gasteiger partial charge is 0.390 e. The van der Waals surface area contributed by atoms with Gasteiger partial charge in [-0.05, 0) is 50.6 Å². The molecule has 2 amide bonds. The number of ether oxygens (including phenoxy) is 1. The average molecular weight is 497 g/mol. The molecule has 3 aromatic heterocycles. The fourth-order valence-corrected chi connectivity index (χ4v) is 4.44. The van der Waals surface area contributed by atoms with Crippen molar-refractivity contribution in [3.8, 4) is 10.4 Å². The first kappa shape index (κ1) is 24.6. The number of rotatable bonds is 9. The normalized spacial score (nSPS) is 11.7. The number of nitrogens with one attached hydrogen (secondary N) is 2. The number of nitrogens with zero attached hydrogens (tertiary/aromatic N) is 4. The van der Waals surface area contributed by atoms with Crippen LogP contribution in [0.5, 0.6) is 0 Å². The molecule has 35 heavy (non-hydrogen) atoms. The number of carbonyl (C=O) groups excluding carboxylic acids is 2. The third kappa shape index (κ3) is 5.59. The maximum Gasteiger partial charge on any atom is 0.268 e. The predicted molar refractivity (Wildman–Crippen MR) is 136 cm³/mol. The van der Waals surface area contributed by atoms with Crippen LogP contribution in [0.15, 0.2) is 42.7 Å². The molecule has 0 aliphatic heterocycles. The summed E-state index contributed by atoms with van der Waals surface area (Å²) < 4.78 is 6.82. The van der Waals surface area contributed by atoms with Crippen LogP contribution >= 0.6 is 11.3 Å². The number of methoxy groups -OCH3 is 1. The summed E-state index contributed by atoms with van der Waals surface area (Å²) in [5.41, 5.74) is 2.08. The number of aryl methyl sites for hydroxylation is 1. The summed E-state index contributed by atoms with van der Waals surface area (Å²) in [5, 5.41) is 19.9. The molecule has 0 aliphatic carbocycles. The molecule has 0 spiro atoms. The third-order valence-electron chi connectivity index (χ3n) is 5.55. The molecular formula is C24H28N6O4S. The van der Waals surface area contributed by atoms with Gasteiger partial charge in [-0.25, -0.2) is 4.98 Å². The number of imidazole rings is 1. The minimum atomic E-state index is -0.891. The number of hydrogen-bond acceptors (Lipinski definition) is 7. The van der Waals surface area contributed by atoms with Crippen molar-refractivity contribution < 1.29 is 19.4 Å². The zero-order valence-corrected chi connectivity index (χ0v) is 20.8. The van der Waals surface area contributed by atoms with Crippen LogP contribution in [0.3, 0.4) is 0 Å². The highest BCUT2D eigenvalue weighted by Gasteiger charge is 2.20. The Hall–Kier alpha value is -3.54. The number of amides is 2. The fourth-order valence-electron chi connectivity index (χ4n) is 3.56. The number of thiophene rings is 1. The van der Waals surface area contributed by atoms with E-state index in [-0.39, 0.29) is 18.4 Å². The number of hydrogen-bond donors (Lipinski definition) is 3. The highest BCUT2D eigenvalue weighted by Crippen LogP contribution is 2.29. The summed E-state index contributed by atoms with van der Waals surface area (Å²) in [5.74, 6) is -0.0966. The molecule has 0 bridgehead atoms. The molecule has 4 rings (SSSR count). The number of benzene rings is 1. The molecule has 184 valence electrons. The Labute approximate surface area is 206 Å². The number of likely N-dealkylation sites (N-methyl/N-ethyl adjacent to an activating group) is 1. The molecule has 10 nitrogen and oxygen atoms in total. The maximum absolute atomic E-state index is 13.1. The first-order valence-corrected chi connectivity index (χ1v) is 11.9. The van der Waals surface area contributed by atoms with E-state index in [9.17, 15) is 14.7 Å². The lowest BCUT2D eigenvalue weighted by Gasteiger charge is -2.19. The first-order chi connectivity index (χ1) is 16.7. The SMILES string of the molecule is COCC(=O)N(C)c1ccc2c(c1)nc(NC(=O)c1ccc(-c3cn[nH]c3)s1)n2CCC(C)(C)O. The van der Waals surface area contributed by atoms with Crippen LogP contribution in [0, 0.1) is 0 Å². The quantitative estimate of drug-likeness (QED) is 0.326. The van der Waals surface area contributed by atoms with Crippen LogP contribution in [-0.2, 0) is 16.1 Å². The summed E-state index contributed by atoms with van der Waals surface area (Å²) in [6, 6.07) is 9.11. The Morgan fingerprint density at radius 3 is 2.77 bits per heavy atom. The molecule has 0 saturated carbocycles. The van der Waals surface area contributed by atoms with E-state index in [1.54, 1.807) is 45.4 Å². The van der Waals surface area contributed by atoms with E-state index in [4.69, 9.17) is 4.74 Å². The van der Waals surface area contributed by atoms with Crippen molar-refractivity contribution in [3.63, 3.8) is 0 Å². The molecule has 0 saturated heterocycles. The van der Waals surface area contributed by atoms with E-state index in [1.807, 2.05) is 22.8 Å². The van der Waals surface area contributed by atoms with Gasteiger partial charge in [0.05, 0.1) is 27.7 Å². The second-order valence-electron chi connectivity index (χ2n) is 8.81. The van der Waals surface area contributed by atoms with Gasteiger partial charge in [-0.2, -0.15) is 5.10 Å². The van der Waals surface area contributed by atoms with Crippen LogP contribution in [0.1, 0.15) is 29.9 Å². The van der Waals surface area contributed by atoms with Gasteiger partial charge in [0.1, 0.15) is 6.61 Å². The maximum atomic E-state index is 13.1. The minimum Gasteiger partial charge on any atom is -0.390 e. The lowest BCUT2D eigenvalue weighted by molar-refractivity contribution is -0.121. The van der Waals surface area contributed by atoms with Crippen LogP contribution in [0.4, 0.5) is 11.6 Å². The van der Waals surface area contributed by atoms with Crippen LogP contribution in [0.2, 0.25) is 0 Å². The molecular weight excluding hydrogens is 468 g/mol. The van der Waals surface area contributed by atoms with Crippen LogP contribution < -0.4 is 10.2 Å². The van der Waals surface area contributed by atoms with Crippen LogP contribution in [-0.4, -0.2) is 63.0 Å². The van der Waals surface area contributed by atoms with Crippen LogP contribution in [0.25, 0.3) is 21.5 Å². The lowest BCUT2D eigenvalue weighted by atomic mass is 10.1. The number of H-pyrrole nitrogens is 1. The lowest BCUT2D eigenvalue weighted by Crippen LogP contribution is -2.29. The summed E-state index contributed by atoms with van der Waals surface area (Å²) in [7, 11) is 3.14. The Morgan fingerprint density at radius 2 is 2.09 bits per heavy atom. The molecule has 0 fully saturated rings. The monoisotopic (exact) mass is 496 g/mol. The van der Waals surface area contributed by atoms with Gasteiger partial charge in [-0.15, -0.1) is 11.3 Å². The Morgan fingerprint density at radius 1 is 1.29 bits per heavy atom. The predicted octanol–water partition coefficient (Wildman–Crippen LogP) is 3.51. The average Bonchev–Trinajstić information content (AvgIpc) is 3.55. The highest BCUT2D eigenvalue weighted by atomic mass is 32.1. The Balaban J connectivity index is 1.65. The van der Waals surface area contributed by atoms with Crippen molar-refractivity contribution in [2.24, 2.45) is 0 Å². The van der Waals surface area contributed by atoms with E-state index >= 15 is 0 Å². The first-order valence-electron chi connectivity index (χ1n) is 11.0. The number of aromatic nitrogens is 4. The molecule has 0 radical (unpaired) electrons. The number of fused-ring (bicyclic) bond motifs is 1. The van der Waals surface area contributed by atoms with Gasteiger partial charge in [-0.3, -0.25) is 20.0 Å². The summed E-state index contributed by atoms with van der Waals surface area (Å²) in [6.07, 6.45) is 3.93. The van der Waals surface area contributed by atoms with Crippen molar-refractivity contribution in [1.82, 2.24) is 19.7 Å². The van der Waals surface area contributed by atoms with Gasteiger partial charge >= 0.3 is 0 Å². The molecule has 3 N–H and O–H groups in total. The Kier molecular flexibility index (Phi) is 7.01. The van der Waals surface area contributed by atoms with Gasteiger partial charge in [0.15, 0.2) is 0 Å². The Bertz CT molecular complexity index is 1340. The van der Waals surface area contributed by atoms with Crippen molar-refractivity contribution in [2.45, 2.75) is 32.4 Å². The van der Waals surface area contributed by atoms with Gasteiger partial charge < -0.3 is 19.3 Å². The van der Waals surface area contributed by atoms with Gasteiger partial charge in [0, 0.05) is 43.0 Å². The topological polar surface area (TPSA) is 125 Å². The van der Waals surface area contributed by atoms with Crippen molar-refractivity contribution >= 4 is 45.8 Å². The van der Waals surface area contributed by atoms with Gasteiger partial charge in [-0.1, -0.05) is 0 Å². The zero-order valence-electron chi connectivity index (χ0n) is 20.0. The molecule has 3 heterocycles. The number of aliphatic hydroxyl groups is 1. The van der Waals surface area contributed by atoms with Gasteiger partial charge in [0.25, 0.3) is 11.8 Å². The number of anilines is 2. The fraction of sp³-hybridized carbons (Fsp3) is 0.333. The van der Waals surface area contributed by atoms with Gasteiger partial charge in [0.2, 0.25) is 5.95 Å². The van der Waals surface area contributed by atoms with Crippen molar-refractivity contribution in [3.05, 3.63) is 47.6 Å². The number of aromatic amines is 1. The van der Waals surface area contributed by atoms with E-state index in [0.29, 0.717) is 35.0 Å². The molecule has 1 aromatic carbocycles. The molecule has 0 aliphatic rings. The minimum absolute atomic E-state index is 0.0303. The molecule has 0 unspecified atom stereocenters. The second-order valence-corrected chi connectivity index (χ2v) is 9.90.